The van der Waals surface area contributed by atoms with E-state index in [0.717, 1.165) is 52.5 Å². The summed E-state index contributed by atoms with van der Waals surface area (Å²) in [5, 5.41) is 9.81. The van der Waals surface area contributed by atoms with Crippen LogP contribution in [0.5, 0.6) is 0 Å². The summed E-state index contributed by atoms with van der Waals surface area (Å²) in [6, 6.07) is 8.01. The van der Waals surface area contributed by atoms with Crippen LogP contribution < -0.4 is 0 Å². The predicted molar refractivity (Wildman–Crippen MR) is 104 cm³/mol. The molecule has 1 aliphatic rings. The van der Waals surface area contributed by atoms with E-state index in [1.54, 1.807) is 11.3 Å². The lowest BCUT2D eigenvalue weighted by molar-refractivity contribution is 0.323. The van der Waals surface area contributed by atoms with E-state index in [4.69, 9.17) is 9.97 Å². The van der Waals surface area contributed by atoms with E-state index in [1.807, 2.05) is 28.9 Å². The number of nitrogens with zero attached hydrogens (tertiary/aromatic N) is 6. The van der Waals surface area contributed by atoms with Gasteiger partial charge in [-0.3, -0.25) is 4.90 Å². The first kappa shape index (κ1) is 15.8. The smallest absolute Gasteiger partial charge is 0.168 e. The molecule has 0 atom stereocenters. The highest BCUT2D eigenvalue weighted by atomic mass is 32.1. The number of thiophene rings is 1. The summed E-state index contributed by atoms with van der Waals surface area (Å²) >= 11 is 1.74. The second kappa shape index (κ2) is 6.10. The molecule has 0 spiro atoms. The third kappa shape index (κ3) is 2.50. The summed E-state index contributed by atoms with van der Waals surface area (Å²) in [5.41, 5.74) is 3.08. The van der Waals surface area contributed by atoms with Gasteiger partial charge in [-0.05, 0) is 57.5 Å². The maximum absolute atomic E-state index is 4.95. The van der Waals surface area contributed by atoms with Crippen molar-refractivity contribution in [3.05, 3.63) is 40.5 Å². The molecule has 6 nitrogen and oxygen atoms in total. The minimum atomic E-state index is 0.797. The van der Waals surface area contributed by atoms with Crippen molar-refractivity contribution >= 4 is 32.6 Å². The first-order valence-corrected chi connectivity index (χ1v) is 9.82. The molecule has 132 valence electrons. The predicted octanol–water partition coefficient (Wildman–Crippen LogP) is 3.64. The lowest BCUT2D eigenvalue weighted by Crippen LogP contribution is -2.20. The van der Waals surface area contributed by atoms with E-state index < -0.39 is 0 Å². The van der Waals surface area contributed by atoms with Crippen LogP contribution in [0.1, 0.15) is 29.1 Å². The minimum Gasteiger partial charge on any atom is -0.296 e. The minimum absolute atomic E-state index is 0.797. The monoisotopic (exact) mass is 364 g/mol. The van der Waals surface area contributed by atoms with E-state index in [0.29, 0.717) is 0 Å². The van der Waals surface area contributed by atoms with Crippen LogP contribution in [0.4, 0.5) is 0 Å². The number of hydrogen-bond acceptors (Lipinski definition) is 6. The van der Waals surface area contributed by atoms with Gasteiger partial charge in [0.15, 0.2) is 5.82 Å². The van der Waals surface area contributed by atoms with Crippen molar-refractivity contribution in [2.24, 2.45) is 0 Å². The van der Waals surface area contributed by atoms with Gasteiger partial charge in [0.25, 0.3) is 0 Å². The Hall–Kier alpha value is -2.38. The van der Waals surface area contributed by atoms with Crippen LogP contribution in [0.25, 0.3) is 27.1 Å². The molecule has 4 aromatic rings. The summed E-state index contributed by atoms with van der Waals surface area (Å²) in [4.78, 5) is 14.6. The molecule has 1 saturated heterocycles. The zero-order valence-electron chi connectivity index (χ0n) is 14.9. The van der Waals surface area contributed by atoms with Gasteiger partial charge in [0.2, 0.25) is 0 Å². The fourth-order valence-corrected chi connectivity index (χ4v) is 4.70. The topological polar surface area (TPSA) is 59.7 Å². The van der Waals surface area contributed by atoms with Crippen LogP contribution in [0.2, 0.25) is 0 Å². The average molecular weight is 364 g/mol. The number of aromatic nitrogens is 5. The van der Waals surface area contributed by atoms with Crippen molar-refractivity contribution in [3.63, 3.8) is 0 Å². The van der Waals surface area contributed by atoms with Gasteiger partial charge < -0.3 is 0 Å². The van der Waals surface area contributed by atoms with Gasteiger partial charge in [0, 0.05) is 4.88 Å². The number of para-hydroxylation sites is 1. The summed E-state index contributed by atoms with van der Waals surface area (Å²) in [7, 11) is 0. The van der Waals surface area contributed by atoms with Gasteiger partial charge in [0.05, 0.1) is 17.4 Å². The summed E-state index contributed by atoms with van der Waals surface area (Å²) in [5.74, 6) is 1.72. The Morgan fingerprint density at radius 1 is 1.08 bits per heavy atom. The maximum atomic E-state index is 4.95. The Balaban J connectivity index is 1.73. The lowest BCUT2D eigenvalue weighted by atomic mass is 10.2. The number of hydrogen-bond donors (Lipinski definition) is 0. The zero-order chi connectivity index (χ0) is 17.7. The molecule has 5 rings (SSSR count). The van der Waals surface area contributed by atoms with Crippen molar-refractivity contribution in [2.45, 2.75) is 33.2 Å². The van der Waals surface area contributed by atoms with Crippen LogP contribution in [0.15, 0.2) is 24.3 Å². The molecule has 4 heterocycles. The molecule has 0 unspecified atom stereocenters. The Morgan fingerprint density at radius 2 is 1.88 bits per heavy atom. The molecule has 0 aliphatic carbocycles. The summed E-state index contributed by atoms with van der Waals surface area (Å²) in [6.07, 6.45) is 2.53. The molecule has 0 radical (unpaired) electrons. The standard InChI is InChI=1S/C19H20N6S/c1-12-13(2)26-19-17(12)18(20-16(21-19)11-24-9-5-6-10-24)25-15-8-4-3-7-14(15)22-23-25/h3-4,7-8H,5-6,9-11H2,1-2H3. The normalized spacial score (nSPS) is 15.5. The molecule has 0 bridgehead atoms. The first-order chi connectivity index (χ1) is 12.7. The van der Waals surface area contributed by atoms with E-state index in [2.05, 4.69) is 29.1 Å². The van der Waals surface area contributed by atoms with E-state index >= 15 is 0 Å². The summed E-state index contributed by atoms with van der Waals surface area (Å²) in [6.45, 7) is 7.34. The molecule has 1 aromatic carbocycles. The highest BCUT2D eigenvalue weighted by molar-refractivity contribution is 7.18. The van der Waals surface area contributed by atoms with E-state index in [1.165, 1.54) is 23.3 Å². The number of likely N-dealkylation sites (tertiary alicyclic amines) is 1. The highest BCUT2D eigenvalue weighted by Gasteiger charge is 2.20. The number of fused-ring (bicyclic) bond motifs is 2. The number of rotatable bonds is 3. The van der Waals surface area contributed by atoms with Crippen molar-refractivity contribution < 1.29 is 0 Å². The number of benzene rings is 1. The van der Waals surface area contributed by atoms with Crippen molar-refractivity contribution in [1.82, 2.24) is 29.9 Å². The Labute approximate surface area is 155 Å². The van der Waals surface area contributed by atoms with Gasteiger partial charge in [-0.1, -0.05) is 17.3 Å². The second-order valence-corrected chi connectivity index (χ2v) is 8.10. The molecule has 0 amide bonds. The maximum Gasteiger partial charge on any atom is 0.168 e. The third-order valence-electron chi connectivity index (χ3n) is 5.17. The molecule has 0 N–H and O–H groups in total. The SMILES string of the molecule is Cc1sc2nc(CN3CCCC3)nc(-n3nnc4ccccc43)c2c1C. The zero-order valence-corrected chi connectivity index (χ0v) is 15.8. The van der Waals surface area contributed by atoms with Crippen molar-refractivity contribution in [2.75, 3.05) is 13.1 Å². The van der Waals surface area contributed by atoms with Gasteiger partial charge in [-0.25, -0.2) is 9.97 Å². The van der Waals surface area contributed by atoms with Crippen LogP contribution in [0.3, 0.4) is 0 Å². The highest BCUT2D eigenvalue weighted by Crippen LogP contribution is 2.33. The Kier molecular flexibility index (Phi) is 3.72. The van der Waals surface area contributed by atoms with Gasteiger partial charge >= 0.3 is 0 Å². The van der Waals surface area contributed by atoms with Gasteiger partial charge in [0.1, 0.15) is 16.2 Å². The molecule has 3 aromatic heterocycles. The second-order valence-electron chi connectivity index (χ2n) is 6.90. The fourth-order valence-electron chi connectivity index (χ4n) is 3.66. The van der Waals surface area contributed by atoms with Crippen LogP contribution in [-0.4, -0.2) is 43.0 Å². The molecular weight excluding hydrogens is 344 g/mol. The molecule has 0 saturated carbocycles. The summed E-state index contributed by atoms with van der Waals surface area (Å²) < 4.78 is 1.87. The molecule has 26 heavy (non-hydrogen) atoms. The van der Waals surface area contributed by atoms with E-state index in [9.17, 15) is 0 Å². The average Bonchev–Trinajstić information content (AvgIpc) is 3.35. The van der Waals surface area contributed by atoms with Gasteiger partial charge in [-0.2, -0.15) is 4.68 Å². The fraction of sp³-hybridized carbons (Fsp3) is 0.368. The Bertz CT molecular complexity index is 1110. The first-order valence-electron chi connectivity index (χ1n) is 9.00. The van der Waals surface area contributed by atoms with Gasteiger partial charge in [-0.15, -0.1) is 16.4 Å². The molecule has 1 fully saturated rings. The van der Waals surface area contributed by atoms with Crippen molar-refractivity contribution in [3.8, 4) is 5.82 Å². The Morgan fingerprint density at radius 3 is 2.73 bits per heavy atom. The molecule has 7 heteroatoms. The lowest BCUT2D eigenvalue weighted by Gasteiger charge is -2.14. The number of aryl methyl sites for hydroxylation is 2. The quantitative estimate of drug-likeness (QED) is 0.555. The molecular formula is C19H20N6S. The largest absolute Gasteiger partial charge is 0.296 e. The van der Waals surface area contributed by atoms with E-state index in [-0.39, 0.29) is 0 Å². The molecule has 1 aliphatic heterocycles. The van der Waals surface area contributed by atoms with Crippen LogP contribution >= 0.6 is 11.3 Å². The van der Waals surface area contributed by atoms with Crippen LogP contribution in [0, 0.1) is 13.8 Å². The van der Waals surface area contributed by atoms with Crippen LogP contribution in [-0.2, 0) is 6.54 Å². The van der Waals surface area contributed by atoms with Crippen molar-refractivity contribution in [1.29, 1.82) is 0 Å². The third-order valence-corrected chi connectivity index (χ3v) is 6.27.